The smallest absolute Gasteiger partial charge is 0.0597 e. The maximum atomic E-state index is 3.53. The van der Waals surface area contributed by atoms with E-state index in [0.717, 1.165) is 4.47 Å². The molecule has 3 heteroatoms. The normalized spacial score (nSPS) is 15.4. The van der Waals surface area contributed by atoms with Gasteiger partial charge in [0.1, 0.15) is 0 Å². The average Bonchev–Trinajstić information content (AvgIpc) is 2.87. The van der Waals surface area contributed by atoms with Crippen molar-refractivity contribution in [2.75, 3.05) is 24.3 Å². The standard InChI is InChI=1S/C11H15BrN2/c1-14(2)11-6-3-8(12)7-10(11)13-9-4-5-9/h3,6-7,9,13H,4-5H2,1-2H3. The Labute approximate surface area is 93.4 Å². The third-order valence-corrected chi connectivity index (χ3v) is 2.87. The number of nitrogens with zero attached hydrogens (tertiary/aromatic N) is 1. The van der Waals surface area contributed by atoms with E-state index < -0.39 is 0 Å². The minimum absolute atomic E-state index is 0.697. The second-order valence-electron chi connectivity index (χ2n) is 3.97. The minimum atomic E-state index is 0.697. The molecule has 1 aliphatic carbocycles. The summed E-state index contributed by atoms with van der Waals surface area (Å²) in [7, 11) is 4.14. The van der Waals surface area contributed by atoms with Gasteiger partial charge in [0, 0.05) is 24.6 Å². The van der Waals surface area contributed by atoms with Gasteiger partial charge in [-0.05, 0) is 31.0 Å². The molecule has 0 atom stereocenters. The van der Waals surface area contributed by atoms with Crippen LogP contribution in [-0.2, 0) is 0 Å². The van der Waals surface area contributed by atoms with Crippen LogP contribution in [0.2, 0.25) is 0 Å². The first-order chi connectivity index (χ1) is 6.66. The molecular formula is C11H15BrN2. The number of rotatable bonds is 3. The zero-order chi connectivity index (χ0) is 10.1. The molecule has 0 aromatic heterocycles. The molecule has 0 aliphatic heterocycles. The van der Waals surface area contributed by atoms with E-state index in [4.69, 9.17) is 0 Å². The summed E-state index contributed by atoms with van der Waals surface area (Å²) in [6.45, 7) is 0. The number of nitrogens with one attached hydrogen (secondary N) is 1. The zero-order valence-electron chi connectivity index (χ0n) is 8.55. The molecule has 1 saturated carbocycles. The van der Waals surface area contributed by atoms with Crippen LogP contribution in [-0.4, -0.2) is 20.1 Å². The molecule has 1 aromatic carbocycles. The molecule has 1 aromatic rings. The van der Waals surface area contributed by atoms with Gasteiger partial charge in [-0.25, -0.2) is 0 Å². The molecule has 1 fully saturated rings. The van der Waals surface area contributed by atoms with Crippen molar-refractivity contribution < 1.29 is 0 Å². The summed E-state index contributed by atoms with van der Waals surface area (Å²) in [6.07, 6.45) is 2.61. The number of hydrogen-bond donors (Lipinski definition) is 1. The van der Waals surface area contributed by atoms with Gasteiger partial charge >= 0.3 is 0 Å². The molecule has 2 nitrogen and oxygen atoms in total. The number of anilines is 2. The topological polar surface area (TPSA) is 15.3 Å². The van der Waals surface area contributed by atoms with E-state index in [0.29, 0.717) is 6.04 Å². The molecule has 14 heavy (non-hydrogen) atoms. The summed E-state index contributed by atoms with van der Waals surface area (Å²) in [4.78, 5) is 2.14. The van der Waals surface area contributed by atoms with E-state index in [1.165, 1.54) is 24.2 Å². The fraction of sp³-hybridized carbons (Fsp3) is 0.455. The quantitative estimate of drug-likeness (QED) is 0.892. The van der Waals surface area contributed by atoms with Crippen molar-refractivity contribution in [1.29, 1.82) is 0 Å². The van der Waals surface area contributed by atoms with Crippen molar-refractivity contribution in [2.24, 2.45) is 0 Å². The van der Waals surface area contributed by atoms with Crippen LogP contribution in [0.15, 0.2) is 22.7 Å². The number of benzene rings is 1. The largest absolute Gasteiger partial charge is 0.381 e. The molecule has 1 N–H and O–H groups in total. The highest BCUT2D eigenvalue weighted by Crippen LogP contribution is 2.32. The van der Waals surface area contributed by atoms with Crippen LogP contribution in [0.25, 0.3) is 0 Å². The zero-order valence-corrected chi connectivity index (χ0v) is 10.1. The van der Waals surface area contributed by atoms with Gasteiger partial charge in [-0.2, -0.15) is 0 Å². The lowest BCUT2D eigenvalue weighted by molar-refractivity contribution is 1.10. The Morgan fingerprint density at radius 2 is 2.07 bits per heavy atom. The summed E-state index contributed by atoms with van der Waals surface area (Å²) in [6, 6.07) is 7.05. The van der Waals surface area contributed by atoms with Gasteiger partial charge < -0.3 is 10.2 Å². The Balaban J connectivity index is 2.27. The predicted octanol–water partition coefficient (Wildman–Crippen LogP) is 3.09. The average molecular weight is 255 g/mol. The van der Waals surface area contributed by atoms with Crippen molar-refractivity contribution in [2.45, 2.75) is 18.9 Å². The Morgan fingerprint density at radius 3 is 2.64 bits per heavy atom. The first-order valence-corrected chi connectivity index (χ1v) is 5.69. The Kier molecular flexibility index (Phi) is 2.68. The lowest BCUT2D eigenvalue weighted by Crippen LogP contribution is -2.12. The number of halogens is 1. The first-order valence-electron chi connectivity index (χ1n) is 4.90. The van der Waals surface area contributed by atoms with Crippen molar-refractivity contribution >= 4 is 27.3 Å². The highest BCUT2D eigenvalue weighted by Gasteiger charge is 2.22. The van der Waals surface area contributed by atoms with Crippen LogP contribution >= 0.6 is 15.9 Å². The summed E-state index contributed by atoms with van der Waals surface area (Å²) in [5, 5.41) is 3.53. The molecule has 0 heterocycles. The van der Waals surface area contributed by atoms with E-state index in [2.05, 4.69) is 58.4 Å². The molecule has 1 aliphatic rings. The Bertz CT molecular complexity index is 332. The second-order valence-corrected chi connectivity index (χ2v) is 4.89. The van der Waals surface area contributed by atoms with E-state index in [1.54, 1.807) is 0 Å². The minimum Gasteiger partial charge on any atom is -0.381 e. The van der Waals surface area contributed by atoms with Crippen molar-refractivity contribution in [3.63, 3.8) is 0 Å². The molecule has 0 unspecified atom stereocenters. The van der Waals surface area contributed by atoms with Crippen LogP contribution in [0.4, 0.5) is 11.4 Å². The van der Waals surface area contributed by atoms with E-state index in [-0.39, 0.29) is 0 Å². The molecule has 2 rings (SSSR count). The molecule has 0 spiro atoms. The van der Waals surface area contributed by atoms with Gasteiger partial charge in [-0.1, -0.05) is 15.9 Å². The maximum Gasteiger partial charge on any atom is 0.0597 e. The first kappa shape index (κ1) is 9.84. The van der Waals surface area contributed by atoms with Crippen LogP contribution < -0.4 is 10.2 Å². The molecule has 76 valence electrons. The molecule has 0 amide bonds. The maximum absolute atomic E-state index is 3.53. The predicted molar refractivity (Wildman–Crippen MR) is 65.1 cm³/mol. The summed E-state index contributed by atoms with van der Waals surface area (Å²) in [5.74, 6) is 0. The third-order valence-electron chi connectivity index (χ3n) is 2.38. The van der Waals surface area contributed by atoms with Crippen molar-refractivity contribution in [1.82, 2.24) is 0 Å². The fourth-order valence-corrected chi connectivity index (χ4v) is 1.82. The van der Waals surface area contributed by atoms with E-state index >= 15 is 0 Å². The van der Waals surface area contributed by atoms with Gasteiger partial charge in [-0.15, -0.1) is 0 Å². The lowest BCUT2D eigenvalue weighted by atomic mass is 10.2. The van der Waals surface area contributed by atoms with E-state index in [1.807, 2.05) is 0 Å². The second kappa shape index (κ2) is 3.81. The monoisotopic (exact) mass is 254 g/mol. The van der Waals surface area contributed by atoms with Crippen LogP contribution in [0.5, 0.6) is 0 Å². The van der Waals surface area contributed by atoms with Crippen molar-refractivity contribution in [3.05, 3.63) is 22.7 Å². The van der Waals surface area contributed by atoms with Gasteiger partial charge in [-0.3, -0.25) is 0 Å². The van der Waals surface area contributed by atoms with Crippen LogP contribution in [0.3, 0.4) is 0 Å². The summed E-state index contributed by atoms with van der Waals surface area (Å²) in [5.41, 5.74) is 2.48. The molecular weight excluding hydrogens is 240 g/mol. The SMILES string of the molecule is CN(C)c1ccc(Br)cc1NC1CC1. The highest BCUT2D eigenvalue weighted by molar-refractivity contribution is 9.10. The molecule has 0 saturated heterocycles. The molecule has 0 bridgehead atoms. The summed E-state index contributed by atoms with van der Waals surface area (Å²) < 4.78 is 1.13. The molecule has 0 radical (unpaired) electrons. The summed E-state index contributed by atoms with van der Waals surface area (Å²) >= 11 is 3.50. The van der Waals surface area contributed by atoms with Crippen LogP contribution in [0.1, 0.15) is 12.8 Å². The number of hydrogen-bond acceptors (Lipinski definition) is 2. The van der Waals surface area contributed by atoms with E-state index in [9.17, 15) is 0 Å². The van der Waals surface area contributed by atoms with Gasteiger partial charge in [0.25, 0.3) is 0 Å². The fourth-order valence-electron chi connectivity index (χ4n) is 1.46. The highest BCUT2D eigenvalue weighted by atomic mass is 79.9. The van der Waals surface area contributed by atoms with Gasteiger partial charge in [0.2, 0.25) is 0 Å². The van der Waals surface area contributed by atoms with Crippen molar-refractivity contribution in [3.8, 4) is 0 Å². The lowest BCUT2D eigenvalue weighted by Gasteiger charge is -2.18. The third kappa shape index (κ3) is 2.21. The van der Waals surface area contributed by atoms with Gasteiger partial charge in [0.05, 0.1) is 11.4 Å². The van der Waals surface area contributed by atoms with Gasteiger partial charge in [0.15, 0.2) is 0 Å². The van der Waals surface area contributed by atoms with Crippen LogP contribution in [0, 0.1) is 0 Å². The Hall–Kier alpha value is -0.700. The Morgan fingerprint density at radius 1 is 1.36 bits per heavy atom.